The number of hydrogen-bond acceptors (Lipinski definition) is 6. The van der Waals surface area contributed by atoms with E-state index in [1.807, 2.05) is 58.8 Å². The van der Waals surface area contributed by atoms with Gasteiger partial charge in [0, 0.05) is 42.7 Å². The van der Waals surface area contributed by atoms with Crippen molar-refractivity contribution in [1.82, 2.24) is 19.9 Å². The van der Waals surface area contributed by atoms with Gasteiger partial charge < -0.3 is 14.3 Å². The van der Waals surface area contributed by atoms with E-state index in [1.54, 1.807) is 11.3 Å². The minimum atomic E-state index is 0.0513. The Labute approximate surface area is 172 Å². The monoisotopic (exact) mass is 404 g/mol. The Kier molecular flexibility index (Phi) is 4.61. The lowest BCUT2D eigenvalue weighted by atomic mass is 10.1. The minimum Gasteiger partial charge on any atom is -0.356 e. The Morgan fingerprint density at radius 2 is 1.86 bits per heavy atom. The lowest BCUT2D eigenvalue weighted by Gasteiger charge is -2.32. The predicted molar refractivity (Wildman–Crippen MR) is 114 cm³/mol. The highest BCUT2D eigenvalue weighted by Gasteiger charge is 2.22. The molecule has 0 bridgehead atoms. The van der Waals surface area contributed by atoms with Crippen LogP contribution < -0.4 is 0 Å². The number of benzene rings is 2. The van der Waals surface area contributed by atoms with Gasteiger partial charge in [-0.1, -0.05) is 35.5 Å². The van der Waals surface area contributed by atoms with E-state index in [0.29, 0.717) is 16.8 Å². The topological polar surface area (TPSA) is 62.5 Å². The third-order valence-corrected chi connectivity index (χ3v) is 6.17. The summed E-state index contributed by atoms with van der Waals surface area (Å²) in [6.07, 6.45) is 0. The molecule has 7 heteroatoms. The maximum absolute atomic E-state index is 13.0. The third kappa shape index (κ3) is 3.43. The number of nitrogens with zero attached hydrogens (tertiary/aromatic N) is 4. The van der Waals surface area contributed by atoms with Crippen molar-refractivity contribution < 1.29 is 9.32 Å². The largest absolute Gasteiger partial charge is 0.356 e. The Morgan fingerprint density at radius 3 is 2.66 bits per heavy atom. The number of carbonyl (C=O) groups is 1. The van der Waals surface area contributed by atoms with Gasteiger partial charge in [-0.3, -0.25) is 4.79 Å². The van der Waals surface area contributed by atoms with Gasteiger partial charge in [0.15, 0.2) is 5.58 Å². The summed E-state index contributed by atoms with van der Waals surface area (Å²) < 4.78 is 5.50. The quantitative estimate of drug-likeness (QED) is 0.516. The molecular weight excluding hydrogens is 384 g/mol. The lowest BCUT2D eigenvalue weighted by Crippen LogP contribution is -2.47. The van der Waals surface area contributed by atoms with E-state index in [2.05, 4.69) is 17.1 Å². The Hall–Kier alpha value is -3.03. The van der Waals surface area contributed by atoms with Crippen molar-refractivity contribution in [1.29, 1.82) is 0 Å². The van der Waals surface area contributed by atoms with Gasteiger partial charge >= 0.3 is 0 Å². The van der Waals surface area contributed by atoms with Crippen LogP contribution in [0.4, 0.5) is 0 Å². The number of carbonyl (C=O) groups excluding carboxylic acids is 1. The molecule has 29 heavy (non-hydrogen) atoms. The highest BCUT2D eigenvalue weighted by Crippen LogP contribution is 2.33. The summed E-state index contributed by atoms with van der Waals surface area (Å²) in [5.74, 6) is 0.0513. The van der Waals surface area contributed by atoms with Gasteiger partial charge in [-0.2, -0.15) is 0 Å². The summed E-state index contributed by atoms with van der Waals surface area (Å²) in [4.78, 5) is 21.8. The van der Waals surface area contributed by atoms with Gasteiger partial charge in [0.2, 0.25) is 0 Å². The van der Waals surface area contributed by atoms with E-state index in [0.717, 1.165) is 47.8 Å². The molecule has 3 heterocycles. The fourth-order valence-electron chi connectivity index (χ4n) is 3.54. The van der Waals surface area contributed by atoms with Gasteiger partial charge in [-0.15, -0.1) is 11.3 Å². The average molecular weight is 404 g/mol. The standard InChI is InChI=1S/C22H20N4O2S/c1-25-9-11-26(12-10-25)22(27)16-7-8-19-17(13-16)20(24-28-19)18-14-29-21(23-18)15-5-3-2-4-6-15/h2-8,13-14H,9-12H2,1H3. The molecule has 0 aliphatic carbocycles. The fourth-order valence-corrected chi connectivity index (χ4v) is 4.36. The van der Waals surface area contributed by atoms with Crippen molar-refractivity contribution in [3.05, 3.63) is 59.5 Å². The highest BCUT2D eigenvalue weighted by atomic mass is 32.1. The van der Waals surface area contributed by atoms with Gasteiger partial charge in [0.05, 0.1) is 5.39 Å². The van der Waals surface area contributed by atoms with Crippen molar-refractivity contribution in [3.8, 4) is 22.0 Å². The van der Waals surface area contributed by atoms with Crippen LogP contribution in [-0.2, 0) is 0 Å². The van der Waals surface area contributed by atoms with Crippen molar-refractivity contribution in [2.24, 2.45) is 0 Å². The summed E-state index contributed by atoms with van der Waals surface area (Å²) in [5.41, 5.74) is 3.82. The number of fused-ring (bicyclic) bond motifs is 1. The lowest BCUT2D eigenvalue weighted by molar-refractivity contribution is 0.0664. The molecule has 0 spiro atoms. The molecule has 1 aliphatic rings. The first-order chi connectivity index (χ1) is 14.2. The maximum atomic E-state index is 13.0. The average Bonchev–Trinajstić information content (AvgIpc) is 3.41. The van der Waals surface area contributed by atoms with Gasteiger partial charge in [-0.05, 0) is 25.2 Å². The van der Waals surface area contributed by atoms with Crippen LogP contribution in [0.15, 0.2) is 58.4 Å². The van der Waals surface area contributed by atoms with Crippen molar-refractivity contribution in [2.45, 2.75) is 0 Å². The molecule has 2 aromatic heterocycles. The Bertz CT molecular complexity index is 1160. The smallest absolute Gasteiger partial charge is 0.253 e. The summed E-state index contributed by atoms with van der Waals surface area (Å²) in [5, 5.41) is 7.96. The van der Waals surface area contributed by atoms with Crippen LogP contribution in [0.3, 0.4) is 0 Å². The molecule has 146 valence electrons. The molecule has 0 atom stereocenters. The van der Waals surface area contributed by atoms with E-state index in [-0.39, 0.29) is 5.91 Å². The Morgan fingerprint density at radius 1 is 1.07 bits per heavy atom. The van der Waals surface area contributed by atoms with E-state index >= 15 is 0 Å². The molecule has 2 aromatic carbocycles. The molecule has 1 aliphatic heterocycles. The molecule has 0 radical (unpaired) electrons. The van der Waals surface area contributed by atoms with Gasteiger partial charge in [0.25, 0.3) is 5.91 Å². The number of likely N-dealkylation sites (N-methyl/N-ethyl adjacent to an activating group) is 1. The molecule has 1 fully saturated rings. The zero-order valence-corrected chi connectivity index (χ0v) is 16.9. The minimum absolute atomic E-state index is 0.0513. The van der Waals surface area contributed by atoms with Crippen molar-refractivity contribution in [2.75, 3.05) is 33.2 Å². The summed E-state index contributed by atoms with van der Waals surface area (Å²) in [7, 11) is 2.08. The highest BCUT2D eigenvalue weighted by molar-refractivity contribution is 7.13. The van der Waals surface area contributed by atoms with Crippen LogP contribution in [0, 0.1) is 0 Å². The molecular formula is C22H20N4O2S. The number of aromatic nitrogens is 2. The van der Waals surface area contributed by atoms with Crippen LogP contribution >= 0.6 is 11.3 Å². The molecule has 4 aromatic rings. The third-order valence-electron chi connectivity index (χ3n) is 5.27. The second-order valence-corrected chi connectivity index (χ2v) is 8.10. The van der Waals surface area contributed by atoms with Crippen LogP contribution in [0.2, 0.25) is 0 Å². The summed E-state index contributed by atoms with van der Waals surface area (Å²) >= 11 is 1.57. The van der Waals surface area contributed by atoms with Crippen molar-refractivity contribution in [3.63, 3.8) is 0 Å². The molecule has 1 saturated heterocycles. The number of piperazine rings is 1. The first kappa shape index (κ1) is 18.0. The molecule has 0 N–H and O–H groups in total. The van der Waals surface area contributed by atoms with Crippen LogP contribution in [0.25, 0.3) is 32.9 Å². The zero-order valence-electron chi connectivity index (χ0n) is 16.0. The number of amides is 1. The summed E-state index contributed by atoms with van der Waals surface area (Å²) in [6.45, 7) is 3.29. The second kappa shape index (κ2) is 7.42. The van der Waals surface area contributed by atoms with Crippen molar-refractivity contribution >= 4 is 28.2 Å². The normalized spacial score (nSPS) is 15.1. The first-order valence-electron chi connectivity index (χ1n) is 9.57. The number of hydrogen-bond donors (Lipinski definition) is 0. The van der Waals surface area contributed by atoms with Crippen LogP contribution in [-0.4, -0.2) is 59.1 Å². The molecule has 1 amide bonds. The summed E-state index contributed by atoms with van der Waals surface area (Å²) in [6, 6.07) is 15.6. The van der Waals surface area contributed by atoms with Gasteiger partial charge in [-0.25, -0.2) is 4.98 Å². The van der Waals surface area contributed by atoms with Crippen LogP contribution in [0.5, 0.6) is 0 Å². The van der Waals surface area contributed by atoms with E-state index in [4.69, 9.17) is 9.51 Å². The zero-order chi connectivity index (χ0) is 19.8. The second-order valence-electron chi connectivity index (χ2n) is 7.24. The van der Waals surface area contributed by atoms with Gasteiger partial charge in [0.1, 0.15) is 16.4 Å². The number of rotatable bonds is 3. The van der Waals surface area contributed by atoms with E-state index < -0.39 is 0 Å². The molecule has 5 rings (SSSR count). The molecule has 6 nitrogen and oxygen atoms in total. The fraction of sp³-hybridized carbons (Fsp3) is 0.227. The predicted octanol–water partition coefficient (Wildman–Crippen LogP) is 4.01. The maximum Gasteiger partial charge on any atom is 0.253 e. The van der Waals surface area contributed by atoms with Crippen LogP contribution in [0.1, 0.15) is 10.4 Å². The SMILES string of the molecule is CN1CCN(C(=O)c2ccc3onc(-c4csc(-c5ccccc5)n4)c3c2)CC1. The number of thiazole rings is 1. The first-order valence-corrected chi connectivity index (χ1v) is 10.5. The molecule has 0 saturated carbocycles. The van der Waals surface area contributed by atoms with E-state index in [1.165, 1.54) is 0 Å². The Balaban J connectivity index is 1.47. The molecule has 0 unspecified atom stereocenters. The van der Waals surface area contributed by atoms with E-state index in [9.17, 15) is 4.79 Å².